The Kier molecular flexibility index (Phi) is 11.2. The first-order valence-electron chi connectivity index (χ1n) is 0.783. The van der Waals surface area contributed by atoms with Crippen LogP contribution in [-0.2, 0) is 21.6 Å². The van der Waals surface area contributed by atoms with Crippen molar-refractivity contribution in [1.29, 1.82) is 0 Å². The van der Waals surface area contributed by atoms with E-state index in [1.54, 1.807) is 0 Å². The van der Waals surface area contributed by atoms with Crippen LogP contribution in [0.1, 0.15) is 0 Å². The molecular formula is H7CuO4PSi. The Bertz CT molecular complexity index is 57.8. The maximum atomic E-state index is 8.88. The summed E-state index contributed by atoms with van der Waals surface area (Å²) in [6, 6.07) is 0. The molecule has 0 saturated carbocycles. The van der Waals surface area contributed by atoms with Crippen LogP contribution in [0.15, 0.2) is 0 Å². The van der Waals surface area contributed by atoms with Gasteiger partial charge in [-0.3, -0.25) is 0 Å². The predicted molar refractivity (Wildman–Crippen MR) is 25.6 cm³/mol. The van der Waals surface area contributed by atoms with Gasteiger partial charge in [-0.2, -0.15) is 0 Å². The molecule has 7 heavy (non-hydrogen) atoms. The summed E-state index contributed by atoms with van der Waals surface area (Å²) in [5, 5.41) is 0. The predicted octanol–water partition coefficient (Wildman–Crippen LogP) is -2.38. The summed E-state index contributed by atoms with van der Waals surface area (Å²) in [4.78, 5) is 21.6. The van der Waals surface area contributed by atoms with E-state index in [0.29, 0.717) is 0 Å². The molecule has 4 nitrogen and oxygen atoms in total. The van der Waals surface area contributed by atoms with Gasteiger partial charge in [0.2, 0.25) is 0 Å². The summed E-state index contributed by atoms with van der Waals surface area (Å²) in [6.45, 7) is 0. The van der Waals surface area contributed by atoms with Gasteiger partial charge in [-0.05, 0) is 11.0 Å². The van der Waals surface area contributed by atoms with Crippen LogP contribution in [-0.4, -0.2) is 25.6 Å². The molecule has 0 fully saturated rings. The van der Waals surface area contributed by atoms with Crippen LogP contribution >= 0.6 is 7.82 Å². The summed E-state index contributed by atoms with van der Waals surface area (Å²) < 4.78 is 8.88. The average Bonchev–Trinajstić information content (AvgIpc) is 0.722. The van der Waals surface area contributed by atoms with E-state index in [1.807, 2.05) is 0 Å². The Morgan fingerprint density at radius 1 is 1.14 bits per heavy atom. The van der Waals surface area contributed by atoms with E-state index >= 15 is 0 Å². The molecule has 0 spiro atoms. The zero-order valence-corrected chi connectivity index (χ0v) is 4.33. The molecular weight excluding hydrogens is 187 g/mol. The van der Waals surface area contributed by atoms with Crippen LogP contribution in [0.4, 0.5) is 0 Å². The third-order valence-electron chi connectivity index (χ3n) is 0. The largest absolute Gasteiger partial charge is 0.466 e. The zero-order chi connectivity index (χ0) is 4.50. The Labute approximate surface area is 55.7 Å². The molecule has 7 heteroatoms. The van der Waals surface area contributed by atoms with Crippen LogP contribution in [0.3, 0.4) is 0 Å². The smallest absolute Gasteiger partial charge is 0.303 e. The molecule has 3 N–H and O–H groups in total. The molecule has 0 atom stereocenters. The Morgan fingerprint density at radius 2 is 1.14 bits per heavy atom. The maximum Gasteiger partial charge on any atom is 0.466 e. The van der Waals surface area contributed by atoms with E-state index in [1.165, 1.54) is 0 Å². The van der Waals surface area contributed by atoms with E-state index in [9.17, 15) is 0 Å². The summed E-state index contributed by atoms with van der Waals surface area (Å²) in [5.74, 6) is 0. The fourth-order valence-corrected chi connectivity index (χ4v) is 0. The Balaban J connectivity index is -0.0000000800. The first kappa shape index (κ1) is 15.7. The molecule has 0 aliphatic rings. The number of phosphoric acid groups is 1. The van der Waals surface area contributed by atoms with Gasteiger partial charge < -0.3 is 14.7 Å². The normalized spacial score (nSPS) is 8.43. The van der Waals surface area contributed by atoms with Gasteiger partial charge in [0.25, 0.3) is 0 Å². The molecule has 0 aromatic heterocycles. The van der Waals surface area contributed by atoms with Crippen LogP contribution in [0, 0.1) is 0 Å². The van der Waals surface area contributed by atoms with Gasteiger partial charge in [0.05, 0.1) is 0 Å². The van der Waals surface area contributed by atoms with Gasteiger partial charge in [-0.1, -0.05) is 0 Å². The van der Waals surface area contributed by atoms with Crippen molar-refractivity contribution in [2.24, 2.45) is 0 Å². The standard InChI is InChI=1S/Cu.H3O4P.H4Si/c;1-5(2,3)4;/h;(H3,1,2,3,4);1H4. The van der Waals surface area contributed by atoms with E-state index in [4.69, 9.17) is 19.2 Å². The first-order chi connectivity index (χ1) is 2.00. The summed E-state index contributed by atoms with van der Waals surface area (Å²) in [6.07, 6.45) is 0. The molecule has 1 radical (unpaired) electrons. The van der Waals surface area contributed by atoms with Gasteiger partial charge in [0.1, 0.15) is 0 Å². The van der Waals surface area contributed by atoms with E-state index in [-0.39, 0.29) is 28.0 Å². The minimum Gasteiger partial charge on any atom is -0.303 e. The molecule has 0 aliphatic carbocycles. The summed E-state index contributed by atoms with van der Waals surface area (Å²) in [5.41, 5.74) is 0. The molecule has 51 valence electrons. The van der Waals surface area contributed by atoms with Crippen molar-refractivity contribution in [3.05, 3.63) is 0 Å². The molecule has 0 bridgehead atoms. The SMILES string of the molecule is O=P(O)(O)O.[Cu].[SiH4]. The van der Waals surface area contributed by atoms with Crippen molar-refractivity contribution in [2.45, 2.75) is 0 Å². The molecule has 0 aromatic rings. The van der Waals surface area contributed by atoms with Crippen molar-refractivity contribution in [2.75, 3.05) is 0 Å². The number of rotatable bonds is 0. The first-order valence-corrected chi connectivity index (χ1v) is 2.35. The average molecular weight is 194 g/mol. The van der Waals surface area contributed by atoms with Crippen LogP contribution in [0.5, 0.6) is 0 Å². The van der Waals surface area contributed by atoms with Crippen molar-refractivity contribution in [3.63, 3.8) is 0 Å². The minimum absolute atomic E-state index is 0. The molecule has 0 heterocycles. The van der Waals surface area contributed by atoms with Crippen LogP contribution in [0.25, 0.3) is 0 Å². The molecule has 0 saturated heterocycles. The van der Waals surface area contributed by atoms with Crippen LogP contribution < -0.4 is 0 Å². The Hall–Kier alpha value is 0.846. The van der Waals surface area contributed by atoms with Gasteiger partial charge >= 0.3 is 7.82 Å². The van der Waals surface area contributed by atoms with Crippen LogP contribution in [0.2, 0.25) is 0 Å². The Morgan fingerprint density at radius 3 is 1.14 bits per heavy atom. The topological polar surface area (TPSA) is 77.8 Å². The van der Waals surface area contributed by atoms with E-state index in [0.717, 1.165) is 0 Å². The number of hydrogen-bond donors (Lipinski definition) is 3. The third-order valence-corrected chi connectivity index (χ3v) is 0. The van der Waals surface area contributed by atoms with E-state index < -0.39 is 7.82 Å². The second-order valence-corrected chi connectivity index (χ2v) is 1.54. The summed E-state index contributed by atoms with van der Waals surface area (Å²) >= 11 is 0. The molecule has 0 aromatic carbocycles. The van der Waals surface area contributed by atoms with Crippen molar-refractivity contribution >= 4 is 18.8 Å². The van der Waals surface area contributed by atoms with Crippen molar-refractivity contribution in [3.8, 4) is 0 Å². The fraction of sp³-hybridized carbons (Fsp3) is 0. The van der Waals surface area contributed by atoms with Gasteiger partial charge in [-0.15, -0.1) is 0 Å². The minimum atomic E-state index is -4.64. The fourth-order valence-electron chi connectivity index (χ4n) is 0. The second kappa shape index (κ2) is 4.99. The van der Waals surface area contributed by atoms with Crippen molar-refractivity contribution in [1.82, 2.24) is 0 Å². The summed E-state index contributed by atoms with van der Waals surface area (Å²) in [7, 11) is -4.64. The van der Waals surface area contributed by atoms with E-state index in [2.05, 4.69) is 0 Å². The zero-order valence-electron chi connectivity index (χ0n) is 2.50. The number of hydrogen-bond acceptors (Lipinski definition) is 1. The molecule has 0 unspecified atom stereocenters. The molecule has 0 amide bonds. The molecule has 0 aliphatic heterocycles. The maximum absolute atomic E-state index is 8.88. The van der Waals surface area contributed by atoms with Gasteiger partial charge in [0.15, 0.2) is 0 Å². The second-order valence-electron chi connectivity index (χ2n) is 0.513. The van der Waals surface area contributed by atoms with Gasteiger partial charge in [0, 0.05) is 17.1 Å². The third kappa shape index (κ3) is 224. The van der Waals surface area contributed by atoms with Crippen molar-refractivity contribution < 1.29 is 36.3 Å². The molecule has 0 rings (SSSR count). The van der Waals surface area contributed by atoms with Gasteiger partial charge in [-0.25, -0.2) is 4.57 Å². The quantitative estimate of drug-likeness (QED) is 0.297. The monoisotopic (exact) mass is 193 g/mol.